The van der Waals surface area contributed by atoms with Crippen molar-refractivity contribution >= 4 is 49.9 Å². The molecule has 1 aliphatic rings. The second kappa shape index (κ2) is 8.44. The van der Waals surface area contributed by atoms with Crippen LogP contribution in [0.1, 0.15) is 39.0 Å². The van der Waals surface area contributed by atoms with Gasteiger partial charge in [0.05, 0.1) is 10.2 Å². The van der Waals surface area contributed by atoms with Crippen LogP contribution in [0.3, 0.4) is 0 Å². The molecule has 4 N–H and O–H groups in total. The van der Waals surface area contributed by atoms with Crippen molar-refractivity contribution in [3.05, 3.63) is 24.3 Å². The van der Waals surface area contributed by atoms with Crippen LogP contribution in [0.2, 0.25) is 0 Å². The van der Waals surface area contributed by atoms with Crippen LogP contribution in [0.25, 0.3) is 10.2 Å². The number of hydrogen-bond acceptors (Lipinski definition) is 5. The Morgan fingerprint density at radius 3 is 2.76 bits per heavy atom. The summed E-state index contributed by atoms with van der Waals surface area (Å²) in [5.41, 5.74) is 6.36. The van der Waals surface area contributed by atoms with Crippen molar-refractivity contribution in [1.29, 1.82) is 0 Å². The van der Waals surface area contributed by atoms with Gasteiger partial charge in [0.25, 0.3) is 5.91 Å². The number of anilines is 1. The number of carbonyl (C=O) groups is 1. The number of hydrogen-bond donors (Lipinski definition) is 4. The standard InChI is InChI=1S/C17H23N5OS2/c1-11(18-17-20-13-9-5-6-10-14(13)25-17)15(23)21-22-16(24)19-12-7-3-2-4-8-12/h5-6,9-12H,2-4,7-8H2,1H3,(H,18,20)(H,21,23)(H2,19,22,24)/t11-/m0/s1. The van der Waals surface area contributed by atoms with E-state index in [-0.39, 0.29) is 5.91 Å². The van der Waals surface area contributed by atoms with Crippen molar-refractivity contribution in [2.45, 2.75) is 51.1 Å². The number of carbonyl (C=O) groups excluding carboxylic acids is 1. The minimum absolute atomic E-state index is 0.188. The topological polar surface area (TPSA) is 78.1 Å². The van der Waals surface area contributed by atoms with E-state index in [1.807, 2.05) is 24.3 Å². The van der Waals surface area contributed by atoms with Gasteiger partial charge in [-0.2, -0.15) is 0 Å². The van der Waals surface area contributed by atoms with E-state index in [4.69, 9.17) is 12.2 Å². The number of hydrazine groups is 1. The summed E-state index contributed by atoms with van der Waals surface area (Å²) in [6, 6.07) is 7.88. The molecule has 134 valence electrons. The average molecular weight is 378 g/mol. The third-order valence-electron chi connectivity index (χ3n) is 4.27. The van der Waals surface area contributed by atoms with Gasteiger partial charge in [0.1, 0.15) is 6.04 Å². The lowest BCUT2D eigenvalue weighted by Crippen LogP contribution is -2.52. The maximum Gasteiger partial charge on any atom is 0.260 e. The third-order valence-corrected chi connectivity index (χ3v) is 5.45. The van der Waals surface area contributed by atoms with Gasteiger partial charge in [-0.1, -0.05) is 42.7 Å². The number of nitrogens with zero attached hydrogens (tertiary/aromatic N) is 1. The van der Waals surface area contributed by atoms with Gasteiger partial charge >= 0.3 is 0 Å². The Kier molecular flexibility index (Phi) is 6.04. The summed E-state index contributed by atoms with van der Waals surface area (Å²) in [7, 11) is 0. The molecule has 0 bridgehead atoms. The lowest BCUT2D eigenvalue weighted by molar-refractivity contribution is -0.122. The number of rotatable bonds is 4. The first-order chi connectivity index (χ1) is 12.1. The molecule has 1 atom stereocenters. The average Bonchev–Trinajstić information content (AvgIpc) is 3.02. The summed E-state index contributed by atoms with van der Waals surface area (Å²) in [6.45, 7) is 1.79. The van der Waals surface area contributed by atoms with E-state index in [0.29, 0.717) is 11.2 Å². The van der Waals surface area contributed by atoms with E-state index in [0.717, 1.165) is 28.2 Å². The van der Waals surface area contributed by atoms with Crippen LogP contribution in [0.15, 0.2) is 24.3 Å². The van der Waals surface area contributed by atoms with Crippen molar-refractivity contribution in [2.75, 3.05) is 5.32 Å². The Morgan fingerprint density at radius 2 is 2.00 bits per heavy atom. The molecule has 3 rings (SSSR count). The first kappa shape index (κ1) is 17.9. The van der Waals surface area contributed by atoms with Crippen molar-refractivity contribution in [2.24, 2.45) is 0 Å². The van der Waals surface area contributed by atoms with E-state index in [9.17, 15) is 4.79 Å². The van der Waals surface area contributed by atoms with E-state index in [1.54, 1.807) is 6.92 Å². The lowest BCUT2D eigenvalue weighted by atomic mass is 9.96. The molecule has 1 aliphatic carbocycles. The van der Waals surface area contributed by atoms with Crippen LogP contribution in [-0.2, 0) is 4.79 Å². The number of benzene rings is 1. The van der Waals surface area contributed by atoms with E-state index < -0.39 is 6.04 Å². The van der Waals surface area contributed by atoms with E-state index >= 15 is 0 Å². The van der Waals surface area contributed by atoms with Crippen LogP contribution in [0.5, 0.6) is 0 Å². The zero-order valence-corrected chi connectivity index (χ0v) is 15.8. The summed E-state index contributed by atoms with van der Waals surface area (Å²) in [5.74, 6) is -0.188. The molecule has 1 amide bonds. The maximum absolute atomic E-state index is 12.2. The predicted octanol–water partition coefficient (Wildman–Crippen LogP) is 2.92. The normalized spacial score (nSPS) is 16.2. The fourth-order valence-electron chi connectivity index (χ4n) is 2.88. The highest BCUT2D eigenvalue weighted by atomic mass is 32.1. The molecule has 1 aromatic heterocycles. The van der Waals surface area contributed by atoms with Gasteiger partial charge in [-0.15, -0.1) is 0 Å². The second-order valence-electron chi connectivity index (χ2n) is 6.28. The van der Waals surface area contributed by atoms with Gasteiger partial charge in [-0.3, -0.25) is 15.6 Å². The monoisotopic (exact) mass is 377 g/mol. The smallest absolute Gasteiger partial charge is 0.260 e. The molecule has 0 aliphatic heterocycles. The number of fused-ring (bicyclic) bond motifs is 1. The van der Waals surface area contributed by atoms with Crippen LogP contribution >= 0.6 is 23.6 Å². The summed E-state index contributed by atoms with van der Waals surface area (Å²) >= 11 is 6.78. The van der Waals surface area contributed by atoms with E-state index in [2.05, 4.69) is 26.5 Å². The molecule has 1 heterocycles. The summed E-state index contributed by atoms with van der Waals surface area (Å²) < 4.78 is 1.09. The number of thiazole rings is 1. The molecular formula is C17H23N5OS2. The highest BCUT2D eigenvalue weighted by Crippen LogP contribution is 2.25. The van der Waals surface area contributed by atoms with Crippen molar-refractivity contribution < 1.29 is 4.79 Å². The van der Waals surface area contributed by atoms with Gasteiger partial charge in [0.15, 0.2) is 10.2 Å². The highest BCUT2D eigenvalue weighted by Gasteiger charge is 2.17. The second-order valence-corrected chi connectivity index (χ2v) is 7.71. The molecule has 2 aromatic rings. The fraction of sp³-hybridized carbons (Fsp3) is 0.471. The number of amides is 1. The molecule has 1 fully saturated rings. The van der Waals surface area contributed by atoms with Crippen molar-refractivity contribution in [1.82, 2.24) is 21.2 Å². The lowest BCUT2D eigenvalue weighted by Gasteiger charge is -2.24. The molecule has 0 spiro atoms. The van der Waals surface area contributed by atoms with Gasteiger partial charge in [-0.25, -0.2) is 4.98 Å². The molecule has 1 saturated carbocycles. The molecule has 0 unspecified atom stereocenters. The Labute approximate surface area is 156 Å². The molecule has 6 nitrogen and oxygen atoms in total. The zero-order chi connectivity index (χ0) is 17.6. The third kappa shape index (κ3) is 5.02. The first-order valence-corrected chi connectivity index (χ1v) is 9.83. The molecule has 0 radical (unpaired) electrons. The first-order valence-electron chi connectivity index (χ1n) is 8.60. The number of nitrogens with one attached hydrogen (secondary N) is 4. The SMILES string of the molecule is C[C@H](Nc1nc2ccccc2s1)C(=O)NNC(=S)NC1CCCCC1. The summed E-state index contributed by atoms with van der Waals surface area (Å²) in [4.78, 5) is 16.7. The Balaban J connectivity index is 1.44. The largest absolute Gasteiger partial charge is 0.359 e. The summed E-state index contributed by atoms with van der Waals surface area (Å²) in [5, 5.41) is 7.58. The minimum atomic E-state index is -0.425. The predicted molar refractivity (Wildman–Crippen MR) is 107 cm³/mol. The molecule has 25 heavy (non-hydrogen) atoms. The van der Waals surface area contributed by atoms with Crippen LogP contribution in [0.4, 0.5) is 5.13 Å². The Hall–Kier alpha value is -1.93. The highest BCUT2D eigenvalue weighted by molar-refractivity contribution is 7.80. The number of thiocarbonyl (C=S) groups is 1. The van der Waals surface area contributed by atoms with Gasteiger partial charge < -0.3 is 10.6 Å². The number of para-hydroxylation sites is 1. The molecule has 0 saturated heterocycles. The van der Waals surface area contributed by atoms with Gasteiger partial charge in [0, 0.05) is 6.04 Å². The molecule has 8 heteroatoms. The van der Waals surface area contributed by atoms with Crippen LogP contribution in [0, 0.1) is 0 Å². The molecule has 1 aromatic carbocycles. The molecular weight excluding hydrogens is 354 g/mol. The van der Waals surface area contributed by atoms with Gasteiger partial charge in [-0.05, 0) is 44.1 Å². The maximum atomic E-state index is 12.2. The van der Waals surface area contributed by atoms with Crippen LogP contribution in [-0.4, -0.2) is 28.1 Å². The van der Waals surface area contributed by atoms with Gasteiger partial charge in [0.2, 0.25) is 0 Å². The van der Waals surface area contributed by atoms with Crippen molar-refractivity contribution in [3.8, 4) is 0 Å². The Morgan fingerprint density at radius 1 is 1.24 bits per heavy atom. The minimum Gasteiger partial charge on any atom is -0.359 e. The van der Waals surface area contributed by atoms with E-state index in [1.165, 1.54) is 30.6 Å². The number of aromatic nitrogens is 1. The summed E-state index contributed by atoms with van der Waals surface area (Å²) in [6.07, 6.45) is 6.02. The fourth-order valence-corrected chi connectivity index (χ4v) is 4.05. The zero-order valence-electron chi connectivity index (χ0n) is 14.2. The quantitative estimate of drug-likeness (QED) is 0.485. The van der Waals surface area contributed by atoms with Crippen LogP contribution < -0.4 is 21.5 Å². The Bertz CT molecular complexity index is 708. The van der Waals surface area contributed by atoms with Crippen molar-refractivity contribution in [3.63, 3.8) is 0 Å².